The zero-order valence-corrected chi connectivity index (χ0v) is 14.4. The molecular weight excluding hydrogens is 338 g/mol. The van der Waals surface area contributed by atoms with Crippen molar-refractivity contribution in [1.82, 2.24) is 5.16 Å². The molecule has 3 rings (SSSR count). The van der Waals surface area contributed by atoms with Crippen LogP contribution in [0, 0.1) is 0 Å². The van der Waals surface area contributed by atoms with E-state index in [9.17, 15) is 9.59 Å². The van der Waals surface area contributed by atoms with E-state index in [2.05, 4.69) is 5.16 Å². The molecule has 0 atom stereocenters. The number of Topliss-reactive ketones (excluding diaryl/α,β-unsaturated/α-hetero) is 1. The molecule has 0 unspecified atom stereocenters. The smallest absolute Gasteiger partial charge is 0.312 e. The SMILES string of the molecule is COc1ccc(C(=O)COC(=O)Cc2noc3ccccc23)cc1OC. The van der Waals surface area contributed by atoms with Gasteiger partial charge in [-0.05, 0) is 30.3 Å². The number of fused-ring (bicyclic) bond motifs is 1. The summed E-state index contributed by atoms with van der Waals surface area (Å²) in [6.07, 6.45) is -0.0732. The van der Waals surface area contributed by atoms with Gasteiger partial charge < -0.3 is 18.7 Å². The van der Waals surface area contributed by atoms with Crippen LogP contribution in [0.4, 0.5) is 0 Å². The summed E-state index contributed by atoms with van der Waals surface area (Å²) in [4.78, 5) is 24.2. The van der Waals surface area contributed by atoms with Crippen LogP contribution < -0.4 is 9.47 Å². The van der Waals surface area contributed by atoms with Crippen molar-refractivity contribution in [3.05, 3.63) is 53.7 Å². The minimum Gasteiger partial charge on any atom is -0.493 e. The molecule has 2 aromatic carbocycles. The maximum absolute atomic E-state index is 12.2. The molecule has 0 bridgehead atoms. The van der Waals surface area contributed by atoms with E-state index in [-0.39, 0.29) is 18.8 Å². The molecule has 0 spiro atoms. The van der Waals surface area contributed by atoms with Crippen LogP contribution in [-0.4, -0.2) is 37.7 Å². The van der Waals surface area contributed by atoms with Gasteiger partial charge in [0.1, 0.15) is 5.69 Å². The molecule has 1 heterocycles. The molecule has 134 valence electrons. The van der Waals surface area contributed by atoms with E-state index in [0.29, 0.717) is 28.3 Å². The first kappa shape index (κ1) is 17.5. The molecule has 0 amide bonds. The van der Waals surface area contributed by atoms with E-state index in [1.165, 1.54) is 14.2 Å². The molecule has 0 saturated heterocycles. The van der Waals surface area contributed by atoms with E-state index >= 15 is 0 Å². The Hall–Kier alpha value is -3.35. The predicted molar refractivity (Wildman–Crippen MR) is 92.5 cm³/mol. The molecule has 0 fully saturated rings. The minimum atomic E-state index is -0.558. The molecule has 0 aliphatic heterocycles. The van der Waals surface area contributed by atoms with Gasteiger partial charge in [0.25, 0.3) is 0 Å². The lowest BCUT2D eigenvalue weighted by Crippen LogP contribution is -2.16. The topological polar surface area (TPSA) is 87.9 Å². The monoisotopic (exact) mass is 355 g/mol. The fourth-order valence-electron chi connectivity index (χ4n) is 2.49. The Kier molecular flexibility index (Phi) is 5.17. The molecule has 7 heteroatoms. The third-order valence-corrected chi connectivity index (χ3v) is 3.83. The van der Waals surface area contributed by atoms with E-state index < -0.39 is 5.97 Å². The van der Waals surface area contributed by atoms with E-state index in [0.717, 1.165) is 5.39 Å². The summed E-state index contributed by atoms with van der Waals surface area (Å²) in [5.41, 5.74) is 1.43. The van der Waals surface area contributed by atoms with Gasteiger partial charge in [0.05, 0.1) is 20.6 Å². The van der Waals surface area contributed by atoms with Crippen LogP contribution in [0.2, 0.25) is 0 Å². The molecule has 7 nitrogen and oxygen atoms in total. The highest BCUT2D eigenvalue weighted by molar-refractivity contribution is 5.98. The quantitative estimate of drug-likeness (QED) is 0.476. The highest BCUT2D eigenvalue weighted by atomic mass is 16.5. The maximum Gasteiger partial charge on any atom is 0.312 e. The lowest BCUT2D eigenvalue weighted by molar-refractivity contribution is -0.141. The molecule has 26 heavy (non-hydrogen) atoms. The first-order valence-corrected chi connectivity index (χ1v) is 7.86. The van der Waals surface area contributed by atoms with E-state index in [1.807, 2.05) is 18.2 Å². The van der Waals surface area contributed by atoms with Crippen molar-refractivity contribution in [2.24, 2.45) is 0 Å². The van der Waals surface area contributed by atoms with Crippen molar-refractivity contribution in [2.75, 3.05) is 20.8 Å². The lowest BCUT2D eigenvalue weighted by Gasteiger charge is -2.09. The van der Waals surface area contributed by atoms with Crippen LogP contribution in [0.25, 0.3) is 11.0 Å². The van der Waals surface area contributed by atoms with Gasteiger partial charge in [-0.2, -0.15) is 0 Å². The molecule has 3 aromatic rings. The zero-order valence-electron chi connectivity index (χ0n) is 14.4. The molecule has 0 radical (unpaired) electrons. The number of rotatable bonds is 7. The first-order valence-electron chi connectivity index (χ1n) is 7.86. The molecule has 0 aliphatic rings. The van der Waals surface area contributed by atoms with Crippen molar-refractivity contribution in [3.8, 4) is 11.5 Å². The minimum absolute atomic E-state index is 0.0732. The highest BCUT2D eigenvalue weighted by Gasteiger charge is 2.16. The number of hydrogen-bond acceptors (Lipinski definition) is 7. The fraction of sp³-hybridized carbons (Fsp3) is 0.211. The van der Waals surface area contributed by atoms with Gasteiger partial charge in [-0.15, -0.1) is 0 Å². The number of para-hydroxylation sites is 1. The number of benzene rings is 2. The second-order valence-corrected chi connectivity index (χ2v) is 5.46. The summed E-state index contributed by atoms with van der Waals surface area (Å²) in [7, 11) is 2.99. The van der Waals surface area contributed by atoms with Crippen LogP contribution >= 0.6 is 0 Å². The Morgan fingerprint density at radius 3 is 2.58 bits per heavy atom. The normalized spacial score (nSPS) is 10.5. The first-order chi connectivity index (χ1) is 12.6. The van der Waals surface area contributed by atoms with Crippen LogP contribution in [0.3, 0.4) is 0 Å². The molecule has 1 aromatic heterocycles. The standard InChI is InChI=1S/C19H17NO6/c1-23-17-8-7-12(9-18(17)24-2)15(21)11-25-19(22)10-14-13-5-3-4-6-16(13)26-20-14/h3-9H,10-11H2,1-2H3. The summed E-state index contributed by atoms with van der Waals surface area (Å²) < 4.78 is 20.5. The fourth-order valence-corrected chi connectivity index (χ4v) is 2.49. The third-order valence-electron chi connectivity index (χ3n) is 3.83. The Morgan fingerprint density at radius 1 is 1.04 bits per heavy atom. The number of aromatic nitrogens is 1. The number of carbonyl (C=O) groups is 2. The molecule has 0 aliphatic carbocycles. The Labute approximate surface area is 149 Å². The number of nitrogens with zero attached hydrogens (tertiary/aromatic N) is 1. The number of hydrogen-bond donors (Lipinski definition) is 0. The Balaban J connectivity index is 1.61. The van der Waals surface area contributed by atoms with Crippen molar-refractivity contribution < 1.29 is 28.3 Å². The summed E-state index contributed by atoms with van der Waals surface area (Å²) in [5, 5.41) is 4.62. The summed E-state index contributed by atoms with van der Waals surface area (Å²) in [6, 6.07) is 12.0. The second-order valence-electron chi connectivity index (χ2n) is 5.46. The van der Waals surface area contributed by atoms with Crippen LogP contribution in [-0.2, 0) is 16.0 Å². The largest absolute Gasteiger partial charge is 0.493 e. The summed E-state index contributed by atoms with van der Waals surface area (Å²) in [5.74, 6) is 0.0416. The van der Waals surface area contributed by atoms with Gasteiger partial charge in [0.2, 0.25) is 0 Å². The molecule has 0 N–H and O–H groups in total. The van der Waals surface area contributed by atoms with Crippen molar-refractivity contribution in [1.29, 1.82) is 0 Å². The number of ketones is 1. The second kappa shape index (κ2) is 7.69. The predicted octanol–water partition coefficient (Wildman–Crippen LogP) is 2.81. The van der Waals surface area contributed by atoms with Crippen molar-refractivity contribution >= 4 is 22.7 Å². The van der Waals surface area contributed by atoms with Gasteiger partial charge in [-0.25, -0.2) is 0 Å². The van der Waals surface area contributed by atoms with E-state index in [1.54, 1.807) is 24.3 Å². The van der Waals surface area contributed by atoms with Gasteiger partial charge in [-0.1, -0.05) is 17.3 Å². The number of ether oxygens (including phenoxy) is 3. The van der Waals surface area contributed by atoms with Crippen LogP contribution in [0.5, 0.6) is 11.5 Å². The number of methoxy groups -OCH3 is 2. The summed E-state index contributed by atoms with van der Waals surface area (Å²) in [6.45, 7) is -0.371. The number of esters is 1. The van der Waals surface area contributed by atoms with Gasteiger partial charge in [0.15, 0.2) is 29.5 Å². The maximum atomic E-state index is 12.2. The van der Waals surface area contributed by atoms with Crippen LogP contribution in [0.15, 0.2) is 47.0 Å². The Bertz CT molecular complexity index is 946. The lowest BCUT2D eigenvalue weighted by atomic mass is 10.1. The van der Waals surface area contributed by atoms with Gasteiger partial charge in [0, 0.05) is 10.9 Å². The highest BCUT2D eigenvalue weighted by Crippen LogP contribution is 2.27. The van der Waals surface area contributed by atoms with Crippen molar-refractivity contribution in [2.45, 2.75) is 6.42 Å². The van der Waals surface area contributed by atoms with Gasteiger partial charge in [-0.3, -0.25) is 9.59 Å². The average Bonchev–Trinajstić information content (AvgIpc) is 3.08. The third kappa shape index (κ3) is 3.66. The zero-order chi connectivity index (χ0) is 18.5. The molecular formula is C19H17NO6. The van der Waals surface area contributed by atoms with E-state index in [4.69, 9.17) is 18.7 Å². The Morgan fingerprint density at radius 2 is 1.81 bits per heavy atom. The van der Waals surface area contributed by atoms with Crippen LogP contribution in [0.1, 0.15) is 16.1 Å². The summed E-state index contributed by atoms with van der Waals surface area (Å²) >= 11 is 0. The number of carbonyl (C=O) groups excluding carboxylic acids is 2. The van der Waals surface area contributed by atoms with Crippen molar-refractivity contribution in [3.63, 3.8) is 0 Å². The molecule has 0 saturated carbocycles. The average molecular weight is 355 g/mol. The van der Waals surface area contributed by atoms with Gasteiger partial charge >= 0.3 is 5.97 Å².